The van der Waals surface area contributed by atoms with Crippen LogP contribution in [0, 0.1) is 0 Å². The second-order valence-electron chi connectivity index (χ2n) is 6.41. The first-order valence-electron chi connectivity index (χ1n) is 8.98. The number of carboxylic acids is 2. The van der Waals surface area contributed by atoms with Crippen molar-refractivity contribution in [2.75, 3.05) is 5.01 Å². The summed E-state index contributed by atoms with van der Waals surface area (Å²) in [7, 11) is 0. The number of allylic oxidation sites excluding steroid dienone is 4. The van der Waals surface area contributed by atoms with Gasteiger partial charge in [0.05, 0.1) is 28.1 Å². The molecule has 2 N–H and O–H groups in total. The molecule has 7 heteroatoms. The lowest BCUT2D eigenvalue weighted by Crippen LogP contribution is -2.21. The summed E-state index contributed by atoms with van der Waals surface area (Å²) in [5.41, 5.74) is 2.69. The number of carbonyl (C=O) groups is 3. The largest absolute Gasteiger partial charge is 0.478 e. The van der Waals surface area contributed by atoms with E-state index in [-0.39, 0.29) is 17.0 Å². The summed E-state index contributed by atoms with van der Waals surface area (Å²) in [4.78, 5) is 34.4. The zero-order valence-corrected chi connectivity index (χ0v) is 16.0. The molecule has 2 aromatic rings. The summed E-state index contributed by atoms with van der Waals surface area (Å²) in [6.45, 7) is 1.73. The van der Waals surface area contributed by atoms with Crippen molar-refractivity contribution in [1.82, 2.24) is 0 Å². The molecule has 30 heavy (non-hydrogen) atoms. The van der Waals surface area contributed by atoms with Crippen LogP contribution in [0.1, 0.15) is 33.2 Å². The van der Waals surface area contributed by atoms with Crippen LogP contribution in [0.25, 0.3) is 6.08 Å². The molecule has 0 saturated carbocycles. The molecule has 1 heterocycles. The number of aromatic carboxylic acids is 2. The van der Waals surface area contributed by atoms with Gasteiger partial charge in [0.25, 0.3) is 5.91 Å². The Bertz CT molecular complexity index is 1110. The van der Waals surface area contributed by atoms with E-state index in [1.807, 2.05) is 6.08 Å². The molecule has 0 aliphatic carbocycles. The first-order chi connectivity index (χ1) is 14.4. The highest BCUT2D eigenvalue weighted by molar-refractivity contribution is 6.29. The van der Waals surface area contributed by atoms with E-state index in [0.29, 0.717) is 17.0 Å². The van der Waals surface area contributed by atoms with Crippen LogP contribution in [0.4, 0.5) is 5.69 Å². The SMILES string of the molecule is CC1=NN(c2ccc(C(=O)O)cc2)C(=O)\C1=C/C=C/C=C/c1ccc(C(=O)O)cc1. The average Bonchev–Trinajstić information content (AvgIpc) is 3.02. The van der Waals surface area contributed by atoms with Crippen LogP contribution < -0.4 is 5.01 Å². The molecule has 7 nitrogen and oxygen atoms in total. The molecule has 0 bridgehead atoms. The van der Waals surface area contributed by atoms with Gasteiger partial charge >= 0.3 is 11.9 Å². The zero-order chi connectivity index (χ0) is 21.7. The first-order valence-corrected chi connectivity index (χ1v) is 8.98. The summed E-state index contributed by atoms with van der Waals surface area (Å²) in [5.74, 6) is -2.30. The van der Waals surface area contributed by atoms with Crippen LogP contribution in [0.5, 0.6) is 0 Å². The van der Waals surface area contributed by atoms with E-state index in [2.05, 4.69) is 5.10 Å². The minimum Gasteiger partial charge on any atom is -0.478 e. The third kappa shape index (κ3) is 4.59. The van der Waals surface area contributed by atoms with Crippen LogP contribution in [-0.2, 0) is 4.79 Å². The number of carboxylic acid groups (broad SMARTS) is 2. The summed E-state index contributed by atoms with van der Waals surface area (Å²) >= 11 is 0. The molecule has 3 rings (SSSR count). The average molecular weight is 402 g/mol. The number of amides is 1. The second-order valence-corrected chi connectivity index (χ2v) is 6.41. The van der Waals surface area contributed by atoms with Gasteiger partial charge in [-0.05, 0) is 55.0 Å². The maximum absolute atomic E-state index is 12.6. The van der Waals surface area contributed by atoms with Crippen LogP contribution in [0.3, 0.4) is 0 Å². The van der Waals surface area contributed by atoms with Gasteiger partial charge in [0.2, 0.25) is 0 Å². The topological polar surface area (TPSA) is 107 Å². The van der Waals surface area contributed by atoms with Crippen molar-refractivity contribution in [2.24, 2.45) is 5.10 Å². The predicted molar refractivity (Wildman–Crippen MR) is 114 cm³/mol. The number of hydrogen-bond acceptors (Lipinski definition) is 4. The third-order valence-corrected chi connectivity index (χ3v) is 4.35. The summed E-state index contributed by atoms with van der Waals surface area (Å²) < 4.78 is 0. The van der Waals surface area contributed by atoms with Crippen molar-refractivity contribution in [1.29, 1.82) is 0 Å². The maximum atomic E-state index is 12.6. The van der Waals surface area contributed by atoms with Gasteiger partial charge in [0.15, 0.2) is 0 Å². The smallest absolute Gasteiger partial charge is 0.335 e. The highest BCUT2D eigenvalue weighted by Gasteiger charge is 2.28. The van der Waals surface area contributed by atoms with Crippen molar-refractivity contribution in [3.63, 3.8) is 0 Å². The standard InChI is InChI=1S/C23H18N2O5/c1-15-20(6-4-2-3-5-16-7-9-17(10-8-16)22(27)28)21(26)25(24-15)19-13-11-18(12-14-19)23(29)30/h2-14H,1H3,(H,27,28)(H,29,30)/b4-2+,5-3+,20-6-. The molecule has 1 amide bonds. The van der Waals surface area contributed by atoms with Crippen molar-refractivity contribution in [3.8, 4) is 0 Å². The molecule has 0 radical (unpaired) electrons. The Morgan fingerprint density at radius 3 is 2.00 bits per heavy atom. The Kier molecular flexibility index (Phi) is 6.03. The van der Waals surface area contributed by atoms with E-state index in [9.17, 15) is 14.4 Å². The number of rotatable bonds is 6. The maximum Gasteiger partial charge on any atom is 0.335 e. The van der Waals surface area contributed by atoms with Crippen molar-refractivity contribution in [3.05, 3.63) is 95.1 Å². The molecule has 1 aliphatic heterocycles. The predicted octanol–water partition coefficient (Wildman–Crippen LogP) is 4.00. The van der Waals surface area contributed by atoms with E-state index >= 15 is 0 Å². The molecule has 0 aromatic heterocycles. The van der Waals surface area contributed by atoms with Gasteiger partial charge < -0.3 is 10.2 Å². The van der Waals surface area contributed by atoms with Crippen LogP contribution in [-0.4, -0.2) is 33.8 Å². The molecule has 150 valence electrons. The fourth-order valence-electron chi connectivity index (χ4n) is 2.75. The molecule has 0 fully saturated rings. The Morgan fingerprint density at radius 1 is 0.867 bits per heavy atom. The molecule has 0 unspecified atom stereocenters. The number of carbonyl (C=O) groups excluding carboxylic acids is 1. The molecule has 0 atom stereocenters. The van der Waals surface area contributed by atoms with E-state index in [1.54, 1.807) is 43.4 Å². The van der Waals surface area contributed by atoms with Crippen LogP contribution >= 0.6 is 0 Å². The molecule has 2 aromatic carbocycles. The van der Waals surface area contributed by atoms with Gasteiger partial charge in [-0.3, -0.25) is 4.79 Å². The lowest BCUT2D eigenvalue weighted by Gasteiger charge is -2.11. The zero-order valence-electron chi connectivity index (χ0n) is 16.0. The van der Waals surface area contributed by atoms with E-state index < -0.39 is 11.9 Å². The van der Waals surface area contributed by atoms with Crippen LogP contribution in [0.2, 0.25) is 0 Å². The van der Waals surface area contributed by atoms with Crippen molar-refractivity contribution in [2.45, 2.75) is 6.92 Å². The van der Waals surface area contributed by atoms with Crippen molar-refractivity contribution < 1.29 is 24.6 Å². The van der Waals surface area contributed by atoms with Gasteiger partial charge in [-0.15, -0.1) is 0 Å². The molecule has 0 saturated heterocycles. The Morgan fingerprint density at radius 2 is 1.43 bits per heavy atom. The van der Waals surface area contributed by atoms with Gasteiger partial charge in [-0.25, -0.2) is 9.59 Å². The highest BCUT2D eigenvalue weighted by Crippen LogP contribution is 2.24. The number of anilines is 1. The molecular weight excluding hydrogens is 384 g/mol. The van der Waals surface area contributed by atoms with E-state index in [0.717, 1.165) is 5.56 Å². The summed E-state index contributed by atoms with van der Waals surface area (Å²) in [6, 6.07) is 12.4. The fraction of sp³-hybridized carbons (Fsp3) is 0.0435. The van der Waals surface area contributed by atoms with Gasteiger partial charge in [-0.2, -0.15) is 10.1 Å². The molecule has 0 spiro atoms. The van der Waals surface area contributed by atoms with Gasteiger partial charge in [0.1, 0.15) is 0 Å². The number of hydrazone groups is 1. The van der Waals surface area contributed by atoms with Crippen molar-refractivity contribution >= 4 is 35.3 Å². The molecule has 1 aliphatic rings. The quantitative estimate of drug-likeness (QED) is 0.561. The highest BCUT2D eigenvalue weighted by atomic mass is 16.4. The summed E-state index contributed by atoms with van der Waals surface area (Å²) in [6.07, 6.45) is 8.72. The third-order valence-electron chi connectivity index (χ3n) is 4.35. The van der Waals surface area contributed by atoms with Gasteiger partial charge in [-0.1, -0.05) is 36.4 Å². The molecular formula is C23H18N2O5. The minimum atomic E-state index is -1.04. The lowest BCUT2D eigenvalue weighted by molar-refractivity contribution is -0.114. The summed E-state index contributed by atoms with van der Waals surface area (Å²) in [5, 5.41) is 23.4. The Hall–Kier alpha value is -4.26. The number of benzene rings is 2. The van der Waals surface area contributed by atoms with Crippen LogP contribution in [0.15, 0.2) is 83.5 Å². The Balaban J connectivity index is 1.67. The minimum absolute atomic E-state index is 0.134. The van der Waals surface area contributed by atoms with E-state index in [4.69, 9.17) is 10.2 Å². The van der Waals surface area contributed by atoms with Gasteiger partial charge in [0, 0.05) is 0 Å². The number of nitrogens with zero attached hydrogens (tertiary/aromatic N) is 2. The Labute approximate surface area is 172 Å². The monoisotopic (exact) mass is 402 g/mol. The lowest BCUT2D eigenvalue weighted by atomic mass is 10.1. The van der Waals surface area contributed by atoms with E-state index in [1.165, 1.54) is 41.4 Å². The second kappa shape index (κ2) is 8.83. The number of hydrogen-bond donors (Lipinski definition) is 2. The first kappa shape index (κ1) is 20.5. The normalized spacial score (nSPS) is 15.4. The fourth-order valence-corrected chi connectivity index (χ4v) is 2.75.